The van der Waals surface area contributed by atoms with E-state index < -0.39 is 0 Å². The summed E-state index contributed by atoms with van der Waals surface area (Å²) in [5.74, 6) is 0.365. The Morgan fingerprint density at radius 1 is 1.18 bits per heavy atom. The number of aromatic hydroxyl groups is 1. The van der Waals surface area contributed by atoms with Crippen LogP contribution in [-0.2, 0) is 0 Å². The number of carbonyl (C=O) groups is 1. The average Bonchev–Trinajstić information content (AvgIpc) is 2.55. The maximum absolute atomic E-state index is 12.6. The normalized spacial score (nSPS) is 18.2. The van der Waals surface area contributed by atoms with Crippen molar-refractivity contribution in [2.24, 2.45) is 0 Å². The first-order valence-electron chi connectivity index (χ1n) is 7.79. The lowest BCUT2D eigenvalue weighted by Crippen LogP contribution is -2.39. The molecule has 1 amide bonds. The maximum atomic E-state index is 12.6. The Bertz CT molecular complexity index is 681. The van der Waals surface area contributed by atoms with Crippen molar-refractivity contribution in [3.63, 3.8) is 0 Å². The van der Waals surface area contributed by atoms with E-state index in [0.717, 1.165) is 25.9 Å². The summed E-state index contributed by atoms with van der Waals surface area (Å²) in [6.07, 6.45) is 2.10. The van der Waals surface area contributed by atoms with Crippen LogP contribution in [0, 0.1) is 6.92 Å². The fourth-order valence-electron chi connectivity index (χ4n) is 3.18. The van der Waals surface area contributed by atoms with Crippen molar-refractivity contribution in [2.45, 2.75) is 25.7 Å². The van der Waals surface area contributed by atoms with Crippen molar-refractivity contribution in [1.29, 1.82) is 0 Å². The molecule has 3 heteroatoms. The maximum Gasteiger partial charge on any atom is 0.257 e. The number of nitrogens with zero attached hydrogens (tertiary/aromatic N) is 1. The molecule has 3 nitrogen and oxygen atoms in total. The summed E-state index contributed by atoms with van der Waals surface area (Å²) in [6, 6.07) is 15.3. The molecule has 0 spiro atoms. The molecule has 1 atom stereocenters. The Hall–Kier alpha value is -2.29. The third-order valence-corrected chi connectivity index (χ3v) is 4.36. The zero-order valence-electron chi connectivity index (χ0n) is 12.8. The molecule has 22 heavy (non-hydrogen) atoms. The van der Waals surface area contributed by atoms with Crippen molar-refractivity contribution in [1.82, 2.24) is 4.90 Å². The molecular formula is C19H21NO2. The minimum atomic E-state index is -0.0737. The Kier molecular flexibility index (Phi) is 4.14. The molecule has 1 heterocycles. The van der Waals surface area contributed by atoms with Gasteiger partial charge in [-0.05, 0) is 37.5 Å². The number of aryl methyl sites for hydroxylation is 1. The molecular weight excluding hydrogens is 274 g/mol. The van der Waals surface area contributed by atoms with E-state index in [9.17, 15) is 9.90 Å². The predicted octanol–water partition coefficient (Wildman–Crippen LogP) is 3.72. The molecule has 0 aliphatic carbocycles. The van der Waals surface area contributed by atoms with Gasteiger partial charge in [0.2, 0.25) is 0 Å². The van der Waals surface area contributed by atoms with E-state index in [-0.39, 0.29) is 11.7 Å². The highest BCUT2D eigenvalue weighted by Gasteiger charge is 2.26. The van der Waals surface area contributed by atoms with E-state index in [1.54, 1.807) is 24.3 Å². The molecule has 0 aromatic heterocycles. The van der Waals surface area contributed by atoms with Crippen molar-refractivity contribution in [3.8, 4) is 5.75 Å². The van der Waals surface area contributed by atoms with E-state index in [4.69, 9.17) is 0 Å². The number of hydrogen-bond acceptors (Lipinski definition) is 2. The van der Waals surface area contributed by atoms with Gasteiger partial charge in [0.15, 0.2) is 0 Å². The van der Waals surface area contributed by atoms with Gasteiger partial charge in [-0.15, -0.1) is 0 Å². The van der Waals surface area contributed by atoms with Crippen molar-refractivity contribution < 1.29 is 9.90 Å². The van der Waals surface area contributed by atoms with Gasteiger partial charge >= 0.3 is 0 Å². The highest BCUT2D eigenvalue weighted by Crippen LogP contribution is 2.29. The molecule has 1 aliphatic rings. The first-order chi connectivity index (χ1) is 10.6. The number of para-hydroxylation sites is 1. The molecule has 2 aromatic carbocycles. The average molecular weight is 295 g/mol. The molecule has 0 unspecified atom stereocenters. The fourth-order valence-corrected chi connectivity index (χ4v) is 3.18. The van der Waals surface area contributed by atoms with Gasteiger partial charge in [-0.2, -0.15) is 0 Å². The van der Waals surface area contributed by atoms with Crippen LogP contribution in [0.4, 0.5) is 0 Å². The number of phenolic OH excluding ortho intramolecular Hbond substituents is 1. The monoisotopic (exact) mass is 295 g/mol. The van der Waals surface area contributed by atoms with Gasteiger partial charge < -0.3 is 10.0 Å². The zero-order chi connectivity index (χ0) is 15.5. The molecule has 0 radical (unpaired) electrons. The van der Waals surface area contributed by atoms with Crippen LogP contribution in [0.3, 0.4) is 0 Å². The van der Waals surface area contributed by atoms with Gasteiger partial charge in [-0.1, -0.05) is 42.0 Å². The number of phenols is 1. The second kappa shape index (κ2) is 6.22. The molecule has 114 valence electrons. The minimum Gasteiger partial charge on any atom is -0.507 e. The SMILES string of the molecule is Cc1cccc([C@@H]2CCCN(C(=O)c3ccccc3O)C2)c1. The Morgan fingerprint density at radius 2 is 2.00 bits per heavy atom. The standard InChI is InChI=1S/C19H21NO2/c1-14-6-4-7-15(12-14)16-8-5-11-20(13-16)19(22)17-9-2-3-10-18(17)21/h2-4,6-7,9-10,12,16,21H,5,8,11,13H2,1H3/t16-/m1/s1. The van der Waals surface area contributed by atoms with E-state index in [0.29, 0.717) is 11.5 Å². The molecule has 0 saturated carbocycles. The number of piperidine rings is 1. The van der Waals surface area contributed by atoms with Crippen molar-refractivity contribution in [2.75, 3.05) is 13.1 Å². The summed E-state index contributed by atoms with van der Waals surface area (Å²) in [6.45, 7) is 3.57. The first kappa shape index (κ1) is 14.6. The van der Waals surface area contributed by atoms with Crippen molar-refractivity contribution >= 4 is 5.91 Å². The Balaban J connectivity index is 1.78. The lowest BCUT2D eigenvalue weighted by atomic mass is 9.89. The number of carbonyl (C=O) groups excluding carboxylic acids is 1. The number of benzene rings is 2. The summed E-state index contributed by atoms with van der Waals surface area (Å²) < 4.78 is 0. The summed E-state index contributed by atoms with van der Waals surface area (Å²) >= 11 is 0. The second-order valence-corrected chi connectivity index (χ2v) is 6.02. The third-order valence-electron chi connectivity index (χ3n) is 4.36. The van der Waals surface area contributed by atoms with Crippen LogP contribution in [-0.4, -0.2) is 29.0 Å². The summed E-state index contributed by atoms with van der Waals surface area (Å²) in [5.41, 5.74) is 2.95. The summed E-state index contributed by atoms with van der Waals surface area (Å²) in [7, 11) is 0. The number of hydrogen-bond donors (Lipinski definition) is 1. The van der Waals surface area contributed by atoms with Gasteiger partial charge in [0.05, 0.1) is 5.56 Å². The molecule has 1 aliphatic heterocycles. The highest BCUT2D eigenvalue weighted by atomic mass is 16.3. The van der Waals surface area contributed by atoms with Gasteiger partial charge in [0.25, 0.3) is 5.91 Å². The summed E-state index contributed by atoms with van der Waals surface area (Å²) in [4.78, 5) is 14.5. The van der Waals surface area contributed by atoms with Crippen LogP contribution < -0.4 is 0 Å². The highest BCUT2D eigenvalue weighted by molar-refractivity contribution is 5.96. The largest absolute Gasteiger partial charge is 0.507 e. The van der Waals surface area contributed by atoms with Gasteiger partial charge in [0.1, 0.15) is 5.75 Å². The van der Waals surface area contributed by atoms with E-state index in [2.05, 4.69) is 31.2 Å². The molecule has 3 rings (SSSR count). The molecule has 1 saturated heterocycles. The smallest absolute Gasteiger partial charge is 0.257 e. The van der Waals surface area contributed by atoms with Crippen LogP contribution in [0.2, 0.25) is 0 Å². The van der Waals surface area contributed by atoms with Crippen LogP contribution in [0.1, 0.15) is 40.2 Å². The Labute approximate surface area is 131 Å². The Morgan fingerprint density at radius 3 is 2.77 bits per heavy atom. The minimum absolute atomic E-state index is 0.0604. The zero-order valence-corrected chi connectivity index (χ0v) is 12.8. The van der Waals surface area contributed by atoms with Crippen LogP contribution >= 0.6 is 0 Å². The van der Waals surface area contributed by atoms with Crippen LogP contribution in [0.5, 0.6) is 5.75 Å². The van der Waals surface area contributed by atoms with Gasteiger partial charge in [-0.25, -0.2) is 0 Å². The number of amides is 1. The number of likely N-dealkylation sites (tertiary alicyclic amines) is 1. The number of rotatable bonds is 2. The topological polar surface area (TPSA) is 40.5 Å². The van der Waals surface area contributed by atoms with E-state index in [1.165, 1.54) is 11.1 Å². The fraction of sp³-hybridized carbons (Fsp3) is 0.316. The molecule has 0 bridgehead atoms. The van der Waals surface area contributed by atoms with Crippen LogP contribution in [0.15, 0.2) is 48.5 Å². The lowest BCUT2D eigenvalue weighted by Gasteiger charge is -2.33. The molecule has 2 aromatic rings. The second-order valence-electron chi connectivity index (χ2n) is 6.02. The van der Waals surface area contributed by atoms with E-state index >= 15 is 0 Å². The van der Waals surface area contributed by atoms with Crippen LogP contribution in [0.25, 0.3) is 0 Å². The first-order valence-corrected chi connectivity index (χ1v) is 7.79. The predicted molar refractivity (Wildman–Crippen MR) is 87.2 cm³/mol. The third kappa shape index (κ3) is 2.98. The molecule has 1 fully saturated rings. The lowest BCUT2D eigenvalue weighted by molar-refractivity contribution is 0.0704. The van der Waals surface area contributed by atoms with Crippen molar-refractivity contribution in [3.05, 3.63) is 65.2 Å². The summed E-state index contributed by atoms with van der Waals surface area (Å²) in [5, 5.41) is 9.88. The molecule has 1 N–H and O–H groups in total. The van der Waals surface area contributed by atoms with E-state index in [1.807, 2.05) is 4.90 Å². The van der Waals surface area contributed by atoms with Gasteiger partial charge in [-0.3, -0.25) is 4.79 Å². The van der Waals surface area contributed by atoms with Gasteiger partial charge in [0, 0.05) is 19.0 Å². The quantitative estimate of drug-likeness (QED) is 0.917.